The molecule has 3 fully saturated rings. The highest BCUT2D eigenvalue weighted by atomic mass is 16.4. The quantitative estimate of drug-likeness (QED) is 0.527. The summed E-state index contributed by atoms with van der Waals surface area (Å²) in [4.78, 5) is 46.6. The molecule has 2 saturated carbocycles. The van der Waals surface area contributed by atoms with E-state index in [-0.39, 0.29) is 24.9 Å². The number of rotatable bonds is 7. The summed E-state index contributed by atoms with van der Waals surface area (Å²) in [5.74, 6) is -0.333. The van der Waals surface area contributed by atoms with Crippen LogP contribution in [0.3, 0.4) is 0 Å². The van der Waals surface area contributed by atoms with Crippen molar-refractivity contribution in [2.75, 3.05) is 11.4 Å². The number of carbonyl (C=O) groups excluding carboxylic acids is 2. The van der Waals surface area contributed by atoms with Crippen LogP contribution in [-0.2, 0) is 9.59 Å². The Morgan fingerprint density at radius 1 is 1.03 bits per heavy atom. The van der Waals surface area contributed by atoms with Gasteiger partial charge in [-0.05, 0) is 55.4 Å². The molecule has 2 aromatic rings. The number of hydrogen-bond acceptors (Lipinski definition) is 5. The van der Waals surface area contributed by atoms with E-state index in [4.69, 9.17) is 0 Å². The average Bonchev–Trinajstić information content (AvgIpc) is 3.68. The van der Waals surface area contributed by atoms with Crippen molar-refractivity contribution in [1.29, 1.82) is 0 Å². The van der Waals surface area contributed by atoms with Crippen LogP contribution in [0, 0.1) is 0 Å². The molecule has 3 aliphatic rings. The van der Waals surface area contributed by atoms with Crippen LogP contribution in [0.4, 0.5) is 10.5 Å². The van der Waals surface area contributed by atoms with Crippen LogP contribution in [0.25, 0.3) is 0 Å². The molecule has 1 unspecified atom stereocenters. The molecule has 1 aromatic heterocycles. The molecule has 1 aliphatic heterocycles. The predicted molar refractivity (Wildman–Crippen MR) is 137 cm³/mol. The summed E-state index contributed by atoms with van der Waals surface area (Å²) in [6.45, 7) is -0.147. The van der Waals surface area contributed by atoms with E-state index in [1.54, 1.807) is 24.5 Å². The van der Waals surface area contributed by atoms with Crippen molar-refractivity contribution >= 4 is 23.6 Å². The highest BCUT2D eigenvalue weighted by Crippen LogP contribution is 2.41. The van der Waals surface area contributed by atoms with Gasteiger partial charge in [-0.2, -0.15) is 0 Å². The monoisotopic (exact) mass is 506 g/mol. The van der Waals surface area contributed by atoms with Crippen molar-refractivity contribution in [3.05, 3.63) is 59.9 Å². The average molecular weight is 507 g/mol. The van der Waals surface area contributed by atoms with E-state index in [1.165, 1.54) is 10.5 Å². The first-order valence-electron chi connectivity index (χ1n) is 13.2. The molecule has 37 heavy (non-hydrogen) atoms. The fourth-order valence-corrected chi connectivity index (χ4v) is 5.63. The lowest BCUT2D eigenvalue weighted by Gasteiger charge is -2.36. The molecule has 2 aliphatic carbocycles. The normalized spacial score (nSPS) is 22.9. The second-order valence-corrected chi connectivity index (χ2v) is 10.4. The van der Waals surface area contributed by atoms with Gasteiger partial charge in [0.25, 0.3) is 5.91 Å². The van der Waals surface area contributed by atoms with Crippen molar-refractivity contribution in [3.8, 4) is 0 Å². The lowest BCUT2D eigenvalue weighted by atomic mass is 9.94. The smallest absolute Gasteiger partial charge is 0.408 e. The minimum absolute atomic E-state index is 0.0220. The third kappa shape index (κ3) is 5.61. The molecular weight excluding hydrogens is 472 g/mol. The second kappa shape index (κ2) is 10.9. The first-order chi connectivity index (χ1) is 17.9. The van der Waals surface area contributed by atoms with Crippen LogP contribution in [0.5, 0.6) is 0 Å². The number of amides is 3. The van der Waals surface area contributed by atoms with Crippen molar-refractivity contribution in [2.45, 2.75) is 81.5 Å². The summed E-state index contributed by atoms with van der Waals surface area (Å²) in [5, 5.41) is 23.1. The number of benzene rings is 1. The van der Waals surface area contributed by atoms with E-state index < -0.39 is 30.2 Å². The van der Waals surface area contributed by atoms with Gasteiger partial charge in [0, 0.05) is 36.1 Å². The largest absolute Gasteiger partial charge is 0.465 e. The van der Waals surface area contributed by atoms with E-state index in [2.05, 4.69) is 10.3 Å². The second-order valence-electron chi connectivity index (χ2n) is 10.4. The Morgan fingerprint density at radius 2 is 1.76 bits per heavy atom. The molecule has 5 rings (SSSR count). The van der Waals surface area contributed by atoms with Gasteiger partial charge in [0.1, 0.15) is 12.1 Å². The highest BCUT2D eigenvalue weighted by molar-refractivity contribution is 6.04. The first-order valence-corrected chi connectivity index (χ1v) is 13.2. The number of hydrogen-bond donors (Lipinski definition) is 3. The molecule has 3 N–H and O–H groups in total. The summed E-state index contributed by atoms with van der Waals surface area (Å²) >= 11 is 0. The van der Waals surface area contributed by atoms with E-state index in [9.17, 15) is 24.6 Å². The molecule has 3 amide bonds. The lowest BCUT2D eigenvalue weighted by molar-refractivity contribution is -0.129. The van der Waals surface area contributed by atoms with Gasteiger partial charge in [-0.1, -0.05) is 37.5 Å². The van der Waals surface area contributed by atoms with E-state index >= 15 is 0 Å². The zero-order valence-electron chi connectivity index (χ0n) is 20.8. The minimum atomic E-state index is -1.27. The van der Waals surface area contributed by atoms with Crippen molar-refractivity contribution in [2.24, 2.45) is 0 Å². The number of likely N-dealkylation sites (tertiary alicyclic amines) is 1. The third-order valence-corrected chi connectivity index (χ3v) is 7.73. The number of aromatic nitrogens is 1. The molecule has 9 heteroatoms. The summed E-state index contributed by atoms with van der Waals surface area (Å²) in [6.07, 6.45) is 8.21. The van der Waals surface area contributed by atoms with Gasteiger partial charge >= 0.3 is 6.09 Å². The Labute approximate surface area is 216 Å². The zero-order chi connectivity index (χ0) is 25.9. The Morgan fingerprint density at radius 3 is 2.38 bits per heavy atom. The number of aliphatic hydroxyl groups excluding tert-OH is 1. The number of β-amino-alcohol motifs (C(OH)–C–C–N with tert-alkyl or cyclic N) is 1. The van der Waals surface area contributed by atoms with E-state index in [0.29, 0.717) is 17.2 Å². The Kier molecular flexibility index (Phi) is 7.41. The maximum Gasteiger partial charge on any atom is 0.408 e. The number of nitrogens with zero attached hydrogens (tertiary/aromatic N) is 3. The molecule has 1 aromatic carbocycles. The van der Waals surface area contributed by atoms with Crippen molar-refractivity contribution in [1.82, 2.24) is 15.2 Å². The fourth-order valence-electron chi connectivity index (χ4n) is 5.63. The maximum atomic E-state index is 14.2. The van der Waals surface area contributed by atoms with Crippen molar-refractivity contribution < 1.29 is 24.6 Å². The van der Waals surface area contributed by atoms with Crippen LogP contribution in [-0.4, -0.2) is 62.7 Å². The van der Waals surface area contributed by atoms with Gasteiger partial charge in [-0.15, -0.1) is 0 Å². The molecule has 0 bridgehead atoms. The first kappa shape index (κ1) is 25.2. The molecule has 2 heterocycles. The third-order valence-electron chi connectivity index (χ3n) is 7.73. The van der Waals surface area contributed by atoms with Gasteiger partial charge in [0.15, 0.2) is 0 Å². The van der Waals surface area contributed by atoms with Gasteiger partial charge in [0.2, 0.25) is 5.91 Å². The molecule has 1 saturated heterocycles. The molecule has 196 valence electrons. The minimum Gasteiger partial charge on any atom is -0.465 e. The molecule has 9 nitrogen and oxygen atoms in total. The maximum absolute atomic E-state index is 14.2. The SMILES string of the molecule is O=C(NC1CCCCC1)C(c1cccnc1)N(C(=O)[C@H]1C[C@@H](O)CN1C(=O)O)c1ccc(C2CC2)cc1. The molecule has 3 atom stereocenters. The zero-order valence-corrected chi connectivity index (χ0v) is 20.8. The number of carboxylic acid groups (broad SMARTS) is 1. The summed E-state index contributed by atoms with van der Waals surface area (Å²) < 4.78 is 0. The fraction of sp³-hybridized carbons (Fsp3) is 0.500. The van der Waals surface area contributed by atoms with E-state index in [1.807, 2.05) is 24.3 Å². The highest BCUT2D eigenvalue weighted by Gasteiger charge is 2.45. The Balaban J connectivity index is 1.55. The predicted octanol–water partition coefficient (Wildman–Crippen LogP) is 3.60. The number of aliphatic hydroxyl groups is 1. The number of pyridine rings is 1. The van der Waals surface area contributed by atoms with Gasteiger partial charge < -0.3 is 15.5 Å². The lowest BCUT2D eigenvalue weighted by Crippen LogP contribution is -2.53. The Bertz CT molecular complexity index is 1120. The number of anilines is 1. The Hall–Kier alpha value is -3.46. The standard InChI is InChI=1S/C28H34N4O5/c33-23-15-24(31(17-23)28(36)37)27(35)32(22-12-10-19(11-13-22)18-8-9-18)25(20-5-4-14-29-16-20)26(34)30-21-6-2-1-3-7-21/h4-5,10-14,16,18,21,23-25,33H,1-3,6-9,15,17H2,(H,30,34)(H,36,37)/t23-,24-,25?/m1/s1. The van der Waals surface area contributed by atoms with Crippen LogP contribution >= 0.6 is 0 Å². The number of nitrogens with one attached hydrogen (secondary N) is 1. The van der Waals surface area contributed by atoms with Crippen molar-refractivity contribution in [3.63, 3.8) is 0 Å². The number of carbonyl (C=O) groups is 3. The van der Waals surface area contributed by atoms with E-state index in [0.717, 1.165) is 49.8 Å². The van der Waals surface area contributed by atoms with Crippen LogP contribution < -0.4 is 10.2 Å². The van der Waals surface area contributed by atoms with Gasteiger partial charge in [-0.25, -0.2) is 4.79 Å². The van der Waals surface area contributed by atoms with Crippen LogP contribution in [0.1, 0.15) is 74.5 Å². The molecule has 0 spiro atoms. The van der Waals surface area contributed by atoms with Gasteiger partial charge in [-0.3, -0.25) is 24.4 Å². The summed E-state index contributed by atoms with van der Waals surface area (Å²) in [6, 6.07) is 8.99. The van der Waals surface area contributed by atoms with Gasteiger partial charge in [0.05, 0.1) is 12.6 Å². The topological polar surface area (TPSA) is 123 Å². The molecular formula is C28H34N4O5. The molecule has 0 radical (unpaired) electrons. The van der Waals surface area contributed by atoms with Crippen LogP contribution in [0.15, 0.2) is 48.8 Å². The van der Waals surface area contributed by atoms with Crippen LogP contribution in [0.2, 0.25) is 0 Å². The summed E-state index contributed by atoms with van der Waals surface area (Å²) in [7, 11) is 0. The summed E-state index contributed by atoms with van der Waals surface area (Å²) in [5.41, 5.74) is 2.23.